The Balaban J connectivity index is 1.31. The van der Waals surface area contributed by atoms with Gasteiger partial charge in [-0.05, 0) is 94.0 Å². The Morgan fingerprint density at radius 2 is 1.51 bits per heavy atom. The van der Waals surface area contributed by atoms with Crippen molar-refractivity contribution in [3.63, 3.8) is 0 Å². The molecule has 3 aliphatic rings. The van der Waals surface area contributed by atoms with E-state index in [0.29, 0.717) is 68.8 Å². The quantitative estimate of drug-likeness (QED) is 0.338. The molecule has 2 aromatic rings. The van der Waals surface area contributed by atoms with Crippen LogP contribution in [0.15, 0.2) is 60.7 Å². The van der Waals surface area contributed by atoms with Gasteiger partial charge < -0.3 is 36.2 Å². The summed E-state index contributed by atoms with van der Waals surface area (Å²) in [6, 6.07) is 17.2. The smallest absolute Gasteiger partial charge is 0.322 e. The minimum Gasteiger partial charge on any atom is -0.376 e. The maximum atomic E-state index is 13.8. The number of hydrogen-bond acceptors (Lipinski definition) is 5. The fraction of sp³-hybridized carbons (Fsp3) is 0.545. The van der Waals surface area contributed by atoms with Gasteiger partial charge in [0.25, 0.3) is 0 Å². The number of piperidine rings is 1. The van der Waals surface area contributed by atoms with Gasteiger partial charge in [-0.25, -0.2) is 9.59 Å². The lowest BCUT2D eigenvalue weighted by molar-refractivity contribution is -0.127. The van der Waals surface area contributed by atoms with E-state index in [0.717, 1.165) is 38.5 Å². The molecule has 0 aromatic heterocycles. The van der Waals surface area contributed by atoms with Crippen LogP contribution in [0, 0.1) is 11.8 Å². The SMILES string of the molecule is NCC1CCC(CNC(=O)[C@H]2CC(N(CC3CCCO3)C(=O)Nc3ccccc3)CCN2C(=O)Nc2ccccc2)CC1. The zero-order chi connectivity index (χ0) is 30.0. The van der Waals surface area contributed by atoms with Crippen molar-refractivity contribution < 1.29 is 19.1 Å². The Morgan fingerprint density at radius 1 is 0.860 bits per heavy atom. The number of para-hydroxylation sites is 2. The summed E-state index contributed by atoms with van der Waals surface area (Å²) in [6.45, 7) is 2.78. The summed E-state index contributed by atoms with van der Waals surface area (Å²) in [6.07, 6.45) is 6.99. The van der Waals surface area contributed by atoms with Crippen LogP contribution in [0.25, 0.3) is 0 Å². The molecule has 5 rings (SSSR count). The first-order valence-electron chi connectivity index (χ1n) is 15.8. The van der Waals surface area contributed by atoms with Gasteiger partial charge in [-0.3, -0.25) is 4.79 Å². The predicted octanol–water partition coefficient (Wildman–Crippen LogP) is 4.65. The van der Waals surface area contributed by atoms with Crippen LogP contribution in [-0.4, -0.2) is 78.7 Å². The highest BCUT2D eigenvalue weighted by atomic mass is 16.5. The van der Waals surface area contributed by atoms with E-state index in [9.17, 15) is 14.4 Å². The van der Waals surface area contributed by atoms with E-state index in [2.05, 4.69) is 16.0 Å². The standard InChI is InChI=1S/C33H46N6O4/c34-21-24-13-15-25(16-14-24)22-35-31(40)30-20-28(17-18-38(30)32(41)36-26-8-3-1-4-9-26)39(23-29-12-7-19-43-29)33(42)37-27-10-5-2-6-11-27/h1-6,8-11,24-25,28-30H,7,12-23,34H2,(H,35,40)(H,36,41)(H,37,42)/t24?,25?,28?,29?,30-/m1/s1. The van der Waals surface area contributed by atoms with Gasteiger partial charge in [-0.2, -0.15) is 0 Å². The topological polar surface area (TPSA) is 129 Å². The molecule has 2 unspecified atom stereocenters. The number of carbonyl (C=O) groups is 3. The van der Waals surface area contributed by atoms with Crippen molar-refractivity contribution in [1.82, 2.24) is 15.1 Å². The zero-order valence-corrected chi connectivity index (χ0v) is 25.0. The molecule has 3 fully saturated rings. The lowest BCUT2D eigenvalue weighted by Gasteiger charge is -2.43. The molecular formula is C33H46N6O4. The average molecular weight is 591 g/mol. The summed E-state index contributed by atoms with van der Waals surface area (Å²) in [5.41, 5.74) is 7.25. The Hall–Kier alpha value is -3.63. The Morgan fingerprint density at radius 3 is 2.14 bits per heavy atom. The highest BCUT2D eigenvalue weighted by Crippen LogP contribution is 2.29. The number of likely N-dealkylation sites (tertiary alicyclic amines) is 1. The fourth-order valence-electron chi connectivity index (χ4n) is 6.59. The number of nitrogens with two attached hydrogens (primary N) is 1. The summed E-state index contributed by atoms with van der Waals surface area (Å²) < 4.78 is 5.91. The van der Waals surface area contributed by atoms with Crippen LogP contribution in [0.1, 0.15) is 51.4 Å². The molecule has 2 aliphatic heterocycles. The number of rotatable bonds is 9. The van der Waals surface area contributed by atoms with E-state index in [4.69, 9.17) is 10.5 Å². The van der Waals surface area contributed by atoms with Crippen molar-refractivity contribution in [1.29, 1.82) is 0 Å². The van der Waals surface area contributed by atoms with Crippen LogP contribution >= 0.6 is 0 Å². The number of benzene rings is 2. The van der Waals surface area contributed by atoms with Gasteiger partial charge in [-0.1, -0.05) is 36.4 Å². The van der Waals surface area contributed by atoms with Gasteiger partial charge in [0.1, 0.15) is 6.04 Å². The van der Waals surface area contributed by atoms with E-state index < -0.39 is 6.04 Å². The molecule has 2 saturated heterocycles. The van der Waals surface area contributed by atoms with Crippen LogP contribution in [0.2, 0.25) is 0 Å². The molecule has 5 N–H and O–H groups in total. The Labute approximate surface area is 254 Å². The maximum absolute atomic E-state index is 13.8. The first kappa shape index (κ1) is 30.8. The molecule has 232 valence electrons. The minimum atomic E-state index is -0.709. The predicted molar refractivity (Wildman–Crippen MR) is 168 cm³/mol. The van der Waals surface area contributed by atoms with Gasteiger partial charge in [0.15, 0.2) is 0 Å². The van der Waals surface area contributed by atoms with Crippen molar-refractivity contribution in [2.24, 2.45) is 17.6 Å². The molecule has 0 bridgehead atoms. The van der Waals surface area contributed by atoms with Gasteiger partial charge >= 0.3 is 12.1 Å². The number of hydrogen-bond donors (Lipinski definition) is 4. The Bertz CT molecular complexity index is 1180. The third-order valence-corrected chi connectivity index (χ3v) is 9.18. The molecule has 10 heteroatoms. The van der Waals surface area contributed by atoms with Crippen LogP contribution in [0.3, 0.4) is 0 Å². The lowest BCUT2D eigenvalue weighted by atomic mass is 9.82. The highest BCUT2D eigenvalue weighted by Gasteiger charge is 2.40. The summed E-state index contributed by atoms with van der Waals surface area (Å²) in [5.74, 6) is 0.805. The summed E-state index contributed by atoms with van der Waals surface area (Å²) in [4.78, 5) is 44.4. The monoisotopic (exact) mass is 590 g/mol. The van der Waals surface area contributed by atoms with E-state index in [1.54, 1.807) is 4.90 Å². The lowest BCUT2D eigenvalue weighted by Crippen LogP contribution is -2.60. The van der Waals surface area contributed by atoms with Gasteiger partial charge in [0, 0.05) is 43.7 Å². The van der Waals surface area contributed by atoms with Gasteiger partial charge in [0.05, 0.1) is 6.10 Å². The molecule has 5 amide bonds. The second-order valence-electron chi connectivity index (χ2n) is 12.1. The number of amides is 5. The van der Waals surface area contributed by atoms with Gasteiger partial charge in [-0.15, -0.1) is 0 Å². The van der Waals surface area contributed by atoms with Crippen molar-refractivity contribution in [2.45, 2.75) is 69.6 Å². The Kier molecular flexibility index (Phi) is 10.9. The van der Waals surface area contributed by atoms with E-state index in [-0.39, 0.29) is 30.1 Å². The fourth-order valence-corrected chi connectivity index (χ4v) is 6.59. The first-order valence-corrected chi connectivity index (χ1v) is 15.8. The van der Waals surface area contributed by atoms with Crippen molar-refractivity contribution in [3.8, 4) is 0 Å². The molecule has 2 heterocycles. The summed E-state index contributed by atoms with van der Waals surface area (Å²) in [7, 11) is 0. The number of anilines is 2. The molecule has 0 spiro atoms. The van der Waals surface area contributed by atoms with E-state index >= 15 is 0 Å². The van der Waals surface area contributed by atoms with E-state index in [1.807, 2.05) is 65.6 Å². The van der Waals surface area contributed by atoms with Crippen molar-refractivity contribution in [3.05, 3.63) is 60.7 Å². The number of ether oxygens (including phenoxy) is 1. The van der Waals surface area contributed by atoms with Crippen LogP contribution < -0.4 is 21.7 Å². The third-order valence-electron chi connectivity index (χ3n) is 9.18. The molecule has 0 radical (unpaired) electrons. The van der Waals surface area contributed by atoms with Crippen LogP contribution in [0.5, 0.6) is 0 Å². The van der Waals surface area contributed by atoms with Crippen LogP contribution in [-0.2, 0) is 9.53 Å². The van der Waals surface area contributed by atoms with Gasteiger partial charge in [0.2, 0.25) is 5.91 Å². The van der Waals surface area contributed by atoms with Crippen molar-refractivity contribution in [2.75, 3.05) is 43.4 Å². The number of nitrogens with zero attached hydrogens (tertiary/aromatic N) is 2. The molecule has 10 nitrogen and oxygen atoms in total. The molecule has 3 atom stereocenters. The number of urea groups is 2. The normalized spacial score (nSPS) is 25.5. The highest BCUT2D eigenvalue weighted by molar-refractivity contribution is 5.94. The summed E-state index contributed by atoms with van der Waals surface area (Å²) in [5, 5.41) is 9.15. The average Bonchev–Trinajstić information content (AvgIpc) is 3.57. The molecule has 43 heavy (non-hydrogen) atoms. The first-order chi connectivity index (χ1) is 21.0. The second kappa shape index (κ2) is 15.2. The number of nitrogens with one attached hydrogen (secondary N) is 3. The maximum Gasteiger partial charge on any atom is 0.322 e. The second-order valence-corrected chi connectivity index (χ2v) is 12.1. The largest absolute Gasteiger partial charge is 0.376 e. The van der Waals surface area contributed by atoms with Crippen molar-refractivity contribution >= 4 is 29.3 Å². The van der Waals surface area contributed by atoms with Crippen LogP contribution in [0.4, 0.5) is 21.0 Å². The third kappa shape index (κ3) is 8.48. The van der Waals surface area contributed by atoms with E-state index in [1.165, 1.54) is 0 Å². The number of carbonyl (C=O) groups excluding carboxylic acids is 3. The molecule has 1 aliphatic carbocycles. The minimum absolute atomic E-state index is 0.0446. The molecule has 2 aromatic carbocycles. The summed E-state index contributed by atoms with van der Waals surface area (Å²) >= 11 is 0. The molecule has 1 saturated carbocycles. The molecular weight excluding hydrogens is 544 g/mol. The zero-order valence-electron chi connectivity index (χ0n) is 25.0.